The molecule has 0 aliphatic rings. The van der Waals surface area contributed by atoms with Crippen LogP contribution in [0.5, 0.6) is 0 Å². The molecule has 0 bridgehead atoms. The summed E-state index contributed by atoms with van der Waals surface area (Å²) in [6, 6.07) is 4.72. The fourth-order valence-corrected chi connectivity index (χ4v) is 4.43. The molecule has 1 atom stereocenters. The topological polar surface area (TPSA) is 70.2 Å². The van der Waals surface area contributed by atoms with E-state index < -0.39 is 15.6 Å². The second-order valence-electron chi connectivity index (χ2n) is 4.66. The normalized spacial score (nSPS) is 13.6. The van der Waals surface area contributed by atoms with Gasteiger partial charge in [-0.25, -0.2) is 8.42 Å². The predicted octanol–water partition coefficient (Wildman–Crippen LogP) is 2.78. The summed E-state index contributed by atoms with van der Waals surface area (Å²) < 4.78 is 26.4. The molecule has 0 fully saturated rings. The summed E-state index contributed by atoms with van der Waals surface area (Å²) in [6.07, 6.45) is 1.16. The molecule has 0 saturated heterocycles. The first-order valence-corrected chi connectivity index (χ1v) is 8.79. The number of aromatic amines is 1. The van der Waals surface area contributed by atoms with Crippen molar-refractivity contribution in [1.29, 1.82) is 0 Å². The number of aromatic nitrogens is 1. The Morgan fingerprint density at radius 3 is 2.57 bits per heavy atom. The summed E-state index contributed by atoms with van der Waals surface area (Å²) in [5.74, 6) is 0. The van der Waals surface area contributed by atoms with Gasteiger partial charge in [-0.15, -0.1) is 11.3 Å². The van der Waals surface area contributed by atoms with Crippen LogP contribution in [0, 0.1) is 6.92 Å². The zero-order valence-corrected chi connectivity index (χ0v) is 14.1. The minimum atomic E-state index is -3.73. The van der Waals surface area contributed by atoms with Crippen LogP contribution < -0.4 is 5.56 Å². The average Bonchev–Trinajstić information content (AvgIpc) is 2.86. The van der Waals surface area contributed by atoms with Gasteiger partial charge in [-0.05, 0) is 32.0 Å². The monoisotopic (exact) mass is 346 g/mol. The highest BCUT2D eigenvalue weighted by molar-refractivity contribution is 7.89. The number of hydrogen-bond acceptors (Lipinski definition) is 4. The summed E-state index contributed by atoms with van der Waals surface area (Å²) in [6.45, 7) is 3.78. The Bertz CT molecular complexity index is 811. The van der Waals surface area contributed by atoms with E-state index in [1.54, 1.807) is 11.3 Å². The number of sulfonamides is 1. The molecule has 0 aliphatic heterocycles. The molecule has 0 amide bonds. The number of pyridine rings is 1. The first-order valence-electron chi connectivity index (χ1n) is 6.16. The summed E-state index contributed by atoms with van der Waals surface area (Å²) in [7, 11) is -2.22. The van der Waals surface area contributed by atoms with Crippen LogP contribution in [-0.4, -0.2) is 24.8 Å². The molecule has 1 N–H and O–H groups in total. The van der Waals surface area contributed by atoms with Crippen LogP contribution in [-0.2, 0) is 10.0 Å². The number of H-pyrrole nitrogens is 1. The average molecular weight is 347 g/mol. The molecule has 0 aliphatic carbocycles. The molecule has 2 heterocycles. The van der Waals surface area contributed by atoms with Gasteiger partial charge in [-0.1, -0.05) is 11.6 Å². The highest BCUT2D eigenvalue weighted by Crippen LogP contribution is 2.30. The van der Waals surface area contributed by atoms with Crippen LogP contribution in [0.1, 0.15) is 22.7 Å². The van der Waals surface area contributed by atoms with Gasteiger partial charge in [0.15, 0.2) is 0 Å². The first-order chi connectivity index (χ1) is 9.73. The molecule has 0 aromatic carbocycles. The van der Waals surface area contributed by atoms with Crippen LogP contribution >= 0.6 is 22.9 Å². The Kier molecular flexibility index (Phi) is 4.57. The van der Waals surface area contributed by atoms with E-state index in [2.05, 4.69) is 4.98 Å². The van der Waals surface area contributed by atoms with Crippen LogP contribution in [0.3, 0.4) is 0 Å². The fourth-order valence-electron chi connectivity index (χ4n) is 1.82. The van der Waals surface area contributed by atoms with Gasteiger partial charge in [0.1, 0.15) is 5.02 Å². The van der Waals surface area contributed by atoms with E-state index in [0.29, 0.717) is 0 Å². The molecule has 0 saturated carbocycles. The summed E-state index contributed by atoms with van der Waals surface area (Å²) in [4.78, 5) is 15.6. The molecular formula is C13H15ClN2O3S2. The molecule has 2 aromatic heterocycles. The van der Waals surface area contributed by atoms with Gasteiger partial charge in [0, 0.05) is 23.0 Å². The Morgan fingerprint density at radius 2 is 2.05 bits per heavy atom. The summed E-state index contributed by atoms with van der Waals surface area (Å²) >= 11 is 7.25. The number of hydrogen-bond donors (Lipinski definition) is 1. The third kappa shape index (κ3) is 3.21. The minimum Gasteiger partial charge on any atom is -0.326 e. The Hall–Kier alpha value is -1.15. The maximum absolute atomic E-state index is 12.6. The number of nitrogens with zero attached hydrogens (tertiary/aromatic N) is 1. The second kappa shape index (κ2) is 5.92. The van der Waals surface area contributed by atoms with Gasteiger partial charge < -0.3 is 4.98 Å². The van der Waals surface area contributed by atoms with Crippen molar-refractivity contribution in [3.63, 3.8) is 0 Å². The maximum Gasteiger partial charge on any atom is 0.266 e. The van der Waals surface area contributed by atoms with Gasteiger partial charge in [0.2, 0.25) is 10.0 Å². The van der Waals surface area contributed by atoms with Crippen LogP contribution in [0.15, 0.2) is 34.1 Å². The number of thiophene rings is 1. The van der Waals surface area contributed by atoms with Crippen LogP contribution in [0.2, 0.25) is 5.02 Å². The Morgan fingerprint density at radius 1 is 1.38 bits per heavy atom. The molecule has 2 aromatic rings. The molecule has 0 spiro atoms. The second-order valence-corrected chi connectivity index (χ2v) is 8.38. The lowest BCUT2D eigenvalue weighted by Gasteiger charge is -2.23. The van der Waals surface area contributed by atoms with Crippen LogP contribution in [0.25, 0.3) is 0 Å². The molecule has 0 radical (unpaired) electrons. The predicted molar refractivity (Wildman–Crippen MR) is 84.5 cm³/mol. The Balaban J connectivity index is 2.38. The van der Waals surface area contributed by atoms with E-state index in [-0.39, 0.29) is 16.0 Å². The molecule has 21 heavy (non-hydrogen) atoms. The maximum atomic E-state index is 12.6. The van der Waals surface area contributed by atoms with Crippen molar-refractivity contribution in [2.24, 2.45) is 0 Å². The van der Waals surface area contributed by atoms with Crippen molar-refractivity contribution < 1.29 is 8.42 Å². The lowest BCUT2D eigenvalue weighted by molar-refractivity contribution is 0.402. The first kappa shape index (κ1) is 16.2. The number of aryl methyl sites for hydroxylation is 1. The van der Waals surface area contributed by atoms with Crippen molar-refractivity contribution in [2.45, 2.75) is 24.8 Å². The third-order valence-electron chi connectivity index (χ3n) is 3.23. The quantitative estimate of drug-likeness (QED) is 0.925. The molecule has 8 heteroatoms. The minimum absolute atomic E-state index is 0.0327. The third-order valence-corrected chi connectivity index (χ3v) is 6.58. The molecular weight excluding hydrogens is 332 g/mol. The van der Waals surface area contributed by atoms with Gasteiger partial charge in [0.25, 0.3) is 5.56 Å². The van der Waals surface area contributed by atoms with E-state index >= 15 is 0 Å². The SMILES string of the molecule is Cc1ccc(C(C)N(C)S(=O)(=O)c2c[nH]c(=O)c(Cl)c2)s1. The highest BCUT2D eigenvalue weighted by Gasteiger charge is 2.27. The fraction of sp³-hybridized carbons (Fsp3) is 0.308. The van der Waals surface area contributed by atoms with Crippen LogP contribution in [0.4, 0.5) is 0 Å². The van der Waals surface area contributed by atoms with E-state index in [1.807, 2.05) is 26.0 Å². The smallest absolute Gasteiger partial charge is 0.266 e. The molecule has 1 unspecified atom stereocenters. The lowest BCUT2D eigenvalue weighted by atomic mass is 10.3. The zero-order chi connectivity index (χ0) is 15.8. The Labute approximate surface area is 132 Å². The largest absolute Gasteiger partial charge is 0.326 e. The number of halogens is 1. The summed E-state index contributed by atoms with van der Waals surface area (Å²) in [5, 5.41) is -0.149. The van der Waals surface area contributed by atoms with E-state index in [9.17, 15) is 13.2 Å². The molecule has 2 rings (SSSR count). The van der Waals surface area contributed by atoms with E-state index in [4.69, 9.17) is 11.6 Å². The van der Waals surface area contributed by atoms with Crippen molar-refractivity contribution in [1.82, 2.24) is 9.29 Å². The zero-order valence-electron chi connectivity index (χ0n) is 11.8. The lowest BCUT2D eigenvalue weighted by Crippen LogP contribution is -2.30. The van der Waals surface area contributed by atoms with Gasteiger partial charge in [-0.2, -0.15) is 4.31 Å². The van der Waals surface area contributed by atoms with E-state index in [1.165, 1.54) is 17.4 Å². The van der Waals surface area contributed by atoms with Crippen molar-refractivity contribution in [3.05, 3.63) is 49.5 Å². The van der Waals surface area contributed by atoms with Crippen molar-refractivity contribution in [3.8, 4) is 0 Å². The van der Waals surface area contributed by atoms with Gasteiger partial charge in [-0.3, -0.25) is 4.79 Å². The summed E-state index contributed by atoms with van der Waals surface area (Å²) in [5.41, 5.74) is -0.514. The highest BCUT2D eigenvalue weighted by atomic mass is 35.5. The molecule has 5 nitrogen and oxygen atoms in total. The van der Waals surface area contributed by atoms with Gasteiger partial charge >= 0.3 is 0 Å². The van der Waals surface area contributed by atoms with Crippen molar-refractivity contribution in [2.75, 3.05) is 7.05 Å². The van der Waals surface area contributed by atoms with Gasteiger partial charge in [0.05, 0.1) is 10.9 Å². The number of nitrogens with one attached hydrogen (secondary N) is 1. The van der Waals surface area contributed by atoms with Crippen molar-refractivity contribution >= 4 is 33.0 Å². The van der Waals surface area contributed by atoms with E-state index in [0.717, 1.165) is 16.0 Å². The number of rotatable bonds is 4. The molecule has 114 valence electrons. The standard InChI is InChI=1S/C13H15ClN2O3S2/c1-8-4-5-12(20-8)9(2)16(3)21(18,19)10-6-11(14)13(17)15-7-10/h4-7,9H,1-3H3,(H,15,17).